The molecule has 0 aliphatic carbocycles. The molecular weight excluding hydrogens is 272 g/mol. The summed E-state index contributed by atoms with van der Waals surface area (Å²) in [7, 11) is 0. The molecule has 0 bridgehead atoms. The van der Waals surface area contributed by atoms with Crippen LogP contribution in [-0.2, 0) is 5.41 Å². The summed E-state index contributed by atoms with van der Waals surface area (Å²) in [4.78, 5) is 4.65. The molecule has 2 heterocycles. The number of aryl methyl sites for hydroxylation is 1. The Morgan fingerprint density at radius 2 is 1.95 bits per heavy atom. The molecule has 0 atom stereocenters. The van der Waals surface area contributed by atoms with Crippen LogP contribution in [0, 0.1) is 6.92 Å². The van der Waals surface area contributed by atoms with E-state index in [9.17, 15) is 0 Å². The van der Waals surface area contributed by atoms with Gasteiger partial charge < -0.3 is 4.57 Å². The first-order valence-electron chi connectivity index (χ1n) is 7.54. The molecule has 22 heavy (non-hydrogen) atoms. The van der Waals surface area contributed by atoms with Gasteiger partial charge in [-0.1, -0.05) is 32.4 Å². The highest BCUT2D eigenvalue weighted by atomic mass is 15.2. The van der Waals surface area contributed by atoms with Crippen molar-refractivity contribution in [3.8, 4) is 0 Å². The normalized spacial score (nSPS) is 13.0. The number of rotatable bonds is 1. The Kier molecular flexibility index (Phi) is 3.39. The van der Waals surface area contributed by atoms with Crippen molar-refractivity contribution in [3.63, 3.8) is 0 Å². The maximum Gasteiger partial charge on any atom is 0.175 e. The van der Waals surface area contributed by atoms with Crippen molar-refractivity contribution in [2.75, 3.05) is 0 Å². The van der Waals surface area contributed by atoms with Crippen molar-refractivity contribution in [2.24, 2.45) is 4.99 Å². The molecular formula is C18H22N4. The van der Waals surface area contributed by atoms with Crippen LogP contribution in [0.1, 0.15) is 39.0 Å². The molecule has 0 spiro atoms. The number of nitrogens with zero attached hydrogens (tertiary/aromatic N) is 3. The van der Waals surface area contributed by atoms with Gasteiger partial charge in [0.2, 0.25) is 0 Å². The second-order valence-corrected chi connectivity index (χ2v) is 6.80. The molecule has 0 unspecified atom stereocenters. The molecule has 0 aliphatic rings. The van der Waals surface area contributed by atoms with Crippen molar-refractivity contribution in [1.82, 2.24) is 14.8 Å². The highest BCUT2D eigenvalue weighted by Gasteiger charge is 2.16. The van der Waals surface area contributed by atoms with Crippen LogP contribution in [0.3, 0.4) is 0 Å². The molecule has 114 valence electrons. The van der Waals surface area contributed by atoms with Crippen LogP contribution in [0.4, 0.5) is 5.82 Å². The molecule has 4 nitrogen and oxygen atoms in total. The van der Waals surface area contributed by atoms with Gasteiger partial charge in [0, 0.05) is 28.8 Å². The standard InChI is InChI=1S/C18H22N4/c1-12-6-7-15-14(10-12)8-9-22(15)13(2)19-17-11-16(20-21-17)18(3,4)5/h6-11H,1-5H3,(H,20,21). The fraction of sp³-hybridized carbons (Fsp3) is 0.333. The first-order valence-corrected chi connectivity index (χ1v) is 7.54. The van der Waals surface area contributed by atoms with E-state index in [-0.39, 0.29) is 5.41 Å². The number of aromatic nitrogens is 3. The first-order chi connectivity index (χ1) is 10.3. The van der Waals surface area contributed by atoms with E-state index in [2.05, 4.69) is 77.9 Å². The number of fused-ring (bicyclic) bond motifs is 1. The molecule has 0 fully saturated rings. The molecule has 0 saturated carbocycles. The summed E-state index contributed by atoms with van der Waals surface area (Å²) in [6.07, 6.45) is 2.06. The topological polar surface area (TPSA) is 46.0 Å². The number of hydrogen-bond donors (Lipinski definition) is 1. The van der Waals surface area contributed by atoms with E-state index >= 15 is 0 Å². The molecule has 0 aliphatic heterocycles. The minimum absolute atomic E-state index is 0.0480. The van der Waals surface area contributed by atoms with E-state index in [0.717, 1.165) is 17.3 Å². The van der Waals surface area contributed by atoms with Gasteiger partial charge >= 0.3 is 0 Å². The Balaban J connectivity index is 1.98. The Labute approximate surface area is 130 Å². The Hall–Kier alpha value is -2.36. The SMILES string of the molecule is CC(=Nc1cc(C(C)(C)C)[nH]n1)n1ccc2cc(C)ccc21. The molecule has 3 rings (SSSR count). The number of hydrogen-bond acceptors (Lipinski definition) is 2. The van der Waals surface area contributed by atoms with E-state index in [4.69, 9.17) is 0 Å². The van der Waals surface area contributed by atoms with Gasteiger partial charge in [-0.2, -0.15) is 5.10 Å². The quantitative estimate of drug-likeness (QED) is 0.518. The molecule has 1 aromatic carbocycles. The second-order valence-electron chi connectivity index (χ2n) is 6.80. The number of H-pyrrole nitrogens is 1. The minimum atomic E-state index is 0.0480. The number of aliphatic imine (C=N–C) groups is 1. The average Bonchev–Trinajstić information content (AvgIpc) is 3.03. The van der Waals surface area contributed by atoms with Crippen LogP contribution in [0.2, 0.25) is 0 Å². The van der Waals surface area contributed by atoms with Gasteiger partial charge in [0.25, 0.3) is 0 Å². The Morgan fingerprint density at radius 1 is 1.18 bits per heavy atom. The predicted molar refractivity (Wildman–Crippen MR) is 92.1 cm³/mol. The van der Waals surface area contributed by atoms with Crippen molar-refractivity contribution in [3.05, 3.63) is 47.8 Å². The van der Waals surface area contributed by atoms with E-state index in [1.54, 1.807) is 0 Å². The van der Waals surface area contributed by atoms with Crippen LogP contribution in [0.15, 0.2) is 41.5 Å². The van der Waals surface area contributed by atoms with Crippen molar-refractivity contribution in [1.29, 1.82) is 0 Å². The summed E-state index contributed by atoms with van der Waals surface area (Å²) in [5, 5.41) is 8.60. The molecule has 0 amide bonds. The molecule has 1 N–H and O–H groups in total. The number of aromatic amines is 1. The lowest BCUT2D eigenvalue weighted by Gasteiger charge is -2.14. The first kappa shape index (κ1) is 14.6. The van der Waals surface area contributed by atoms with Crippen molar-refractivity contribution >= 4 is 22.6 Å². The zero-order chi connectivity index (χ0) is 15.9. The minimum Gasteiger partial charge on any atom is -0.305 e. The smallest absolute Gasteiger partial charge is 0.175 e. The fourth-order valence-corrected chi connectivity index (χ4v) is 2.52. The third-order valence-corrected chi connectivity index (χ3v) is 3.84. The van der Waals surface area contributed by atoms with Crippen molar-refractivity contribution in [2.45, 2.75) is 40.0 Å². The van der Waals surface area contributed by atoms with Gasteiger partial charge in [0.05, 0.1) is 5.52 Å². The summed E-state index contributed by atoms with van der Waals surface area (Å²) in [5.74, 6) is 1.63. The number of benzene rings is 1. The van der Waals surface area contributed by atoms with E-state index in [1.165, 1.54) is 16.5 Å². The zero-order valence-corrected chi connectivity index (χ0v) is 13.8. The largest absolute Gasteiger partial charge is 0.305 e. The van der Waals surface area contributed by atoms with E-state index in [1.807, 2.05) is 13.0 Å². The third-order valence-electron chi connectivity index (χ3n) is 3.84. The lowest BCUT2D eigenvalue weighted by molar-refractivity contribution is 0.567. The summed E-state index contributed by atoms with van der Waals surface area (Å²) in [6.45, 7) is 10.6. The summed E-state index contributed by atoms with van der Waals surface area (Å²) >= 11 is 0. The molecule has 0 radical (unpaired) electrons. The van der Waals surface area contributed by atoms with Crippen LogP contribution in [0.25, 0.3) is 10.9 Å². The van der Waals surface area contributed by atoms with Gasteiger partial charge in [-0.05, 0) is 32.0 Å². The summed E-state index contributed by atoms with van der Waals surface area (Å²) in [6, 6.07) is 10.6. The van der Waals surface area contributed by atoms with Crippen LogP contribution in [0.5, 0.6) is 0 Å². The van der Waals surface area contributed by atoms with Gasteiger partial charge in [-0.15, -0.1) is 0 Å². The maximum atomic E-state index is 4.65. The lowest BCUT2D eigenvalue weighted by atomic mass is 9.92. The lowest BCUT2D eigenvalue weighted by Crippen LogP contribution is -2.11. The van der Waals surface area contributed by atoms with Crippen LogP contribution < -0.4 is 0 Å². The number of nitrogens with one attached hydrogen (secondary N) is 1. The summed E-state index contributed by atoms with van der Waals surface area (Å²) < 4.78 is 2.10. The average molecular weight is 294 g/mol. The van der Waals surface area contributed by atoms with Gasteiger partial charge in [0.15, 0.2) is 5.82 Å². The molecule has 0 saturated heterocycles. The van der Waals surface area contributed by atoms with Crippen LogP contribution >= 0.6 is 0 Å². The molecule has 3 aromatic rings. The highest BCUT2D eigenvalue weighted by Crippen LogP contribution is 2.24. The highest BCUT2D eigenvalue weighted by molar-refractivity contribution is 5.95. The molecule has 2 aromatic heterocycles. The monoisotopic (exact) mass is 294 g/mol. The predicted octanol–water partition coefficient (Wildman–Crippen LogP) is 4.57. The third kappa shape index (κ3) is 2.69. The van der Waals surface area contributed by atoms with E-state index < -0.39 is 0 Å². The van der Waals surface area contributed by atoms with Crippen molar-refractivity contribution < 1.29 is 0 Å². The summed E-state index contributed by atoms with van der Waals surface area (Å²) in [5.41, 5.74) is 3.57. The fourth-order valence-electron chi connectivity index (χ4n) is 2.52. The maximum absolute atomic E-state index is 4.65. The van der Waals surface area contributed by atoms with Gasteiger partial charge in [-0.25, -0.2) is 4.99 Å². The van der Waals surface area contributed by atoms with Gasteiger partial charge in [-0.3, -0.25) is 5.10 Å². The van der Waals surface area contributed by atoms with Crippen LogP contribution in [-0.4, -0.2) is 20.6 Å². The second kappa shape index (κ2) is 5.13. The molecule has 4 heteroatoms. The Morgan fingerprint density at radius 3 is 2.64 bits per heavy atom. The van der Waals surface area contributed by atoms with E-state index in [0.29, 0.717) is 0 Å². The Bertz CT molecular complexity index is 843. The van der Waals surface area contributed by atoms with Gasteiger partial charge in [0.1, 0.15) is 5.84 Å². The zero-order valence-electron chi connectivity index (χ0n) is 13.8.